The molecule has 0 aromatic carbocycles. The summed E-state index contributed by atoms with van der Waals surface area (Å²) in [4.78, 5) is 24.2. The van der Waals surface area contributed by atoms with Crippen LogP contribution in [0.4, 0.5) is 4.79 Å². The van der Waals surface area contributed by atoms with Gasteiger partial charge in [0.1, 0.15) is 0 Å². The molecule has 1 saturated carbocycles. The minimum Gasteiger partial charge on any atom is -0.353 e. The van der Waals surface area contributed by atoms with E-state index in [0.29, 0.717) is 12.5 Å². The lowest BCUT2D eigenvalue weighted by Gasteiger charge is -2.21. The van der Waals surface area contributed by atoms with Gasteiger partial charge in [0.15, 0.2) is 0 Å². The van der Waals surface area contributed by atoms with Gasteiger partial charge >= 0.3 is 6.03 Å². The van der Waals surface area contributed by atoms with E-state index >= 15 is 0 Å². The summed E-state index contributed by atoms with van der Waals surface area (Å²) in [6.07, 6.45) is 3.33. The molecule has 0 spiro atoms. The van der Waals surface area contributed by atoms with Crippen LogP contribution < -0.4 is 22.1 Å². The van der Waals surface area contributed by atoms with Gasteiger partial charge in [-0.05, 0) is 36.8 Å². The molecular weight excluding hydrogens is 288 g/mol. The van der Waals surface area contributed by atoms with Crippen molar-refractivity contribution in [2.75, 3.05) is 6.54 Å². The van der Waals surface area contributed by atoms with Crippen LogP contribution in [0.1, 0.15) is 36.6 Å². The molecule has 1 heterocycles. The van der Waals surface area contributed by atoms with E-state index in [2.05, 4.69) is 10.6 Å². The molecule has 1 aliphatic carbocycles. The summed E-state index contributed by atoms with van der Waals surface area (Å²) < 4.78 is 0. The van der Waals surface area contributed by atoms with Crippen molar-refractivity contribution in [1.82, 2.24) is 10.6 Å². The Hall–Kier alpha value is -1.60. The van der Waals surface area contributed by atoms with Gasteiger partial charge in [0, 0.05) is 10.9 Å². The van der Waals surface area contributed by atoms with Crippen LogP contribution in [0.2, 0.25) is 0 Å². The van der Waals surface area contributed by atoms with Crippen molar-refractivity contribution in [1.29, 1.82) is 0 Å². The van der Waals surface area contributed by atoms with Crippen LogP contribution in [-0.4, -0.2) is 24.5 Å². The van der Waals surface area contributed by atoms with Crippen molar-refractivity contribution in [2.24, 2.45) is 17.4 Å². The van der Waals surface area contributed by atoms with Gasteiger partial charge in [-0.15, -0.1) is 11.3 Å². The molecule has 0 aliphatic heterocycles. The third-order valence-electron chi connectivity index (χ3n) is 3.90. The molecule has 1 aromatic rings. The minimum absolute atomic E-state index is 0.0764. The first-order valence-corrected chi connectivity index (χ1v) is 8.07. The fourth-order valence-corrected chi connectivity index (χ4v) is 3.62. The Bertz CT molecular complexity index is 477. The fraction of sp³-hybridized carbons (Fsp3) is 0.571. The second-order valence-corrected chi connectivity index (χ2v) is 6.36. The molecule has 1 aliphatic rings. The Morgan fingerprint density at radius 1 is 1.43 bits per heavy atom. The largest absolute Gasteiger partial charge is 0.353 e. The maximum absolute atomic E-state index is 12.2. The molecule has 1 aromatic heterocycles. The highest BCUT2D eigenvalue weighted by Crippen LogP contribution is 2.26. The predicted molar refractivity (Wildman–Crippen MR) is 82.7 cm³/mol. The lowest BCUT2D eigenvalue weighted by Crippen LogP contribution is -2.42. The van der Waals surface area contributed by atoms with Gasteiger partial charge in [-0.3, -0.25) is 4.79 Å². The Morgan fingerprint density at radius 3 is 2.86 bits per heavy atom. The molecule has 0 radical (unpaired) electrons. The number of carbonyl (C=O) groups excluding carboxylic acids is 2. The van der Waals surface area contributed by atoms with E-state index in [-0.39, 0.29) is 24.4 Å². The van der Waals surface area contributed by atoms with Crippen molar-refractivity contribution in [3.05, 3.63) is 22.4 Å². The molecule has 1 fully saturated rings. The van der Waals surface area contributed by atoms with Crippen molar-refractivity contribution in [3.63, 3.8) is 0 Å². The lowest BCUT2D eigenvalue weighted by atomic mass is 10.0. The zero-order valence-corrected chi connectivity index (χ0v) is 12.7. The summed E-state index contributed by atoms with van der Waals surface area (Å²) >= 11 is 1.49. The second kappa shape index (κ2) is 7.42. The topological polar surface area (TPSA) is 110 Å². The molecule has 0 saturated heterocycles. The Morgan fingerprint density at radius 2 is 2.24 bits per heavy atom. The number of nitrogens with two attached hydrogens (primary N) is 2. The van der Waals surface area contributed by atoms with Gasteiger partial charge in [0.05, 0.1) is 12.5 Å². The van der Waals surface area contributed by atoms with Gasteiger partial charge in [0.2, 0.25) is 5.91 Å². The molecule has 3 unspecified atom stereocenters. The van der Waals surface area contributed by atoms with E-state index in [1.54, 1.807) is 0 Å². The third-order valence-corrected chi connectivity index (χ3v) is 4.89. The smallest absolute Gasteiger partial charge is 0.312 e. The normalized spacial score (nSPS) is 22.7. The van der Waals surface area contributed by atoms with Gasteiger partial charge < -0.3 is 22.1 Å². The van der Waals surface area contributed by atoms with Crippen LogP contribution in [0.15, 0.2) is 17.5 Å². The Balaban J connectivity index is 1.93. The predicted octanol–water partition coefficient (Wildman–Crippen LogP) is 1.09. The molecule has 21 heavy (non-hydrogen) atoms. The number of rotatable bonds is 6. The summed E-state index contributed by atoms with van der Waals surface area (Å²) in [5.74, 6) is 0.283. The average Bonchev–Trinajstić information content (AvgIpc) is 3.08. The number of urea groups is 1. The minimum atomic E-state index is -0.623. The number of amides is 3. The van der Waals surface area contributed by atoms with Gasteiger partial charge in [-0.1, -0.05) is 12.5 Å². The molecule has 0 bridgehead atoms. The number of nitrogens with one attached hydrogen (secondary N) is 2. The van der Waals surface area contributed by atoms with Crippen LogP contribution >= 0.6 is 11.3 Å². The molecular formula is C14H22N4O2S. The number of hydrogen-bond donors (Lipinski definition) is 4. The first-order valence-electron chi connectivity index (χ1n) is 7.19. The standard InChI is InChI=1S/C14H22N4O2S/c15-8-9-3-1-4-10(9)17-13(19)7-11(18-14(16)20)12-5-2-6-21-12/h2,5-6,9-11H,1,3-4,7-8,15H2,(H,17,19)(H3,16,18,20). The summed E-state index contributed by atoms with van der Waals surface area (Å²) in [6, 6.07) is 2.92. The molecule has 7 heteroatoms. The fourth-order valence-electron chi connectivity index (χ4n) is 2.84. The summed E-state index contributed by atoms with van der Waals surface area (Å²) in [7, 11) is 0. The van der Waals surface area contributed by atoms with Gasteiger partial charge in [0.25, 0.3) is 0 Å². The van der Waals surface area contributed by atoms with E-state index < -0.39 is 6.03 Å². The second-order valence-electron chi connectivity index (χ2n) is 5.38. The molecule has 3 atom stereocenters. The lowest BCUT2D eigenvalue weighted by molar-refractivity contribution is -0.122. The molecule has 6 N–H and O–H groups in total. The van der Waals surface area contributed by atoms with E-state index in [4.69, 9.17) is 11.5 Å². The maximum atomic E-state index is 12.2. The van der Waals surface area contributed by atoms with Crippen molar-refractivity contribution in [3.8, 4) is 0 Å². The first-order chi connectivity index (χ1) is 10.1. The van der Waals surface area contributed by atoms with Gasteiger partial charge in [-0.25, -0.2) is 4.79 Å². The number of primary amides is 1. The van der Waals surface area contributed by atoms with Crippen LogP contribution in [-0.2, 0) is 4.79 Å². The molecule has 2 rings (SSSR count). The van der Waals surface area contributed by atoms with Crippen molar-refractivity contribution >= 4 is 23.3 Å². The van der Waals surface area contributed by atoms with Gasteiger partial charge in [-0.2, -0.15) is 0 Å². The van der Waals surface area contributed by atoms with Crippen LogP contribution in [0.5, 0.6) is 0 Å². The SMILES string of the molecule is NCC1CCCC1NC(=O)CC(NC(N)=O)c1cccs1. The maximum Gasteiger partial charge on any atom is 0.312 e. The summed E-state index contributed by atoms with van der Waals surface area (Å²) in [6.45, 7) is 0.596. The van der Waals surface area contributed by atoms with E-state index in [0.717, 1.165) is 24.1 Å². The quantitative estimate of drug-likeness (QED) is 0.631. The summed E-state index contributed by atoms with van der Waals surface area (Å²) in [5, 5.41) is 7.57. The number of thiophene rings is 1. The molecule has 6 nitrogen and oxygen atoms in total. The first kappa shape index (κ1) is 15.8. The zero-order valence-electron chi connectivity index (χ0n) is 11.9. The number of hydrogen-bond acceptors (Lipinski definition) is 4. The zero-order chi connectivity index (χ0) is 15.2. The van der Waals surface area contributed by atoms with Crippen molar-refractivity contribution < 1.29 is 9.59 Å². The Labute approximate surface area is 128 Å². The van der Waals surface area contributed by atoms with Crippen LogP contribution in [0.25, 0.3) is 0 Å². The highest BCUT2D eigenvalue weighted by atomic mass is 32.1. The van der Waals surface area contributed by atoms with E-state index in [1.807, 2.05) is 17.5 Å². The Kier molecular flexibility index (Phi) is 5.58. The summed E-state index contributed by atoms with van der Waals surface area (Å²) in [5.41, 5.74) is 10.9. The average molecular weight is 310 g/mol. The van der Waals surface area contributed by atoms with E-state index in [1.165, 1.54) is 11.3 Å². The highest BCUT2D eigenvalue weighted by Gasteiger charge is 2.28. The van der Waals surface area contributed by atoms with E-state index in [9.17, 15) is 9.59 Å². The highest BCUT2D eigenvalue weighted by molar-refractivity contribution is 7.10. The monoisotopic (exact) mass is 310 g/mol. The van der Waals surface area contributed by atoms with Crippen LogP contribution in [0, 0.1) is 5.92 Å². The number of carbonyl (C=O) groups is 2. The molecule has 3 amide bonds. The molecule has 116 valence electrons. The van der Waals surface area contributed by atoms with Crippen molar-refractivity contribution in [2.45, 2.75) is 37.8 Å². The van der Waals surface area contributed by atoms with Crippen LogP contribution in [0.3, 0.4) is 0 Å². The third kappa shape index (κ3) is 4.44.